The fourth-order valence-corrected chi connectivity index (χ4v) is 4.61. The number of ether oxygens (including phenoxy) is 2. The van der Waals surface area contributed by atoms with Gasteiger partial charge in [0, 0.05) is 0 Å². The molecule has 2 amide bonds. The van der Waals surface area contributed by atoms with E-state index in [9.17, 15) is 14.4 Å². The summed E-state index contributed by atoms with van der Waals surface area (Å²) >= 11 is 0.860. The molecular formula is C28H21NO6S. The van der Waals surface area contributed by atoms with Gasteiger partial charge >= 0.3 is 5.97 Å². The van der Waals surface area contributed by atoms with Gasteiger partial charge in [0.1, 0.15) is 18.1 Å². The van der Waals surface area contributed by atoms with Gasteiger partial charge in [0.2, 0.25) is 5.76 Å². The van der Waals surface area contributed by atoms with E-state index in [0.717, 1.165) is 27.8 Å². The smallest absolute Gasteiger partial charge is 0.373 e. The van der Waals surface area contributed by atoms with Crippen molar-refractivity contribution in [1.82, 2.24) is 4.90 Å². The highest BCUT2D eigenvalue weighted by Gasteiger charge is 2.35. The third-order valence-corrected chi connectivity index (χ3v) is 6.54. The highest BCUT2D eigenvalue weighted by atomic mass is 32.2. The molecule has 0 radical (unpaired) electrons. The summed E-state index contributed by atoms with van der Waals surface area (Å²) in [5.74, 6) is -0.0185. The van der Waals surface area contributed by atoms with E-state index in [4.69, 9.17) is 9.15 Å². The van der Waals surface area contributed by atoms with Crippen LogP contribution in [-0.4, -0.2) is 29.1 Å². The summed E-state index contributed by atoms with van der Waals surface area (Å²) in [5, 5.41) is 1.95. The molecule has 180 valence electrons. The van der Waals surface area contributed by atoms with Gasteiger partial charge < -0.3 is 13.9 Å². The van der Waals surface area contributed by atoms with Crippen LogP contribution in [0.25, 0.3) is 16.8 Å². The van der Waals surface area contributed by atoms with Crippen molar-refractivity contribution >= 4 is 45.7 Å². The Labute approximate surface area is 211 Å². The van der Waals surface area contributed by atoms with Crippen LogP contribution in [0.3, 0.4) is 0 Å². The number of furan rings is 1. The summed E-state index contributed by atoms with van der Waals surface area (Å²) in [5.41, 5.74) is 1.84. The fourth-order valence-electron chi connectivity index (χ4n) is 3.77. The van der Waals surface area contributed by atoms with Crippen molar-refractivity contribution in [1.29, 1.82) is 0 Å². The third kappa shape index (κ3) is 5.04. The van der Waals surface area contributed by atoms with Crippen LogP contribution >= 0.6 is 11.8 Å². The Bertz CT molecular complexity index is 1490. The SMILES string of the molecule is COC(=O)c1ccc(CN2C(=O)SC(=Cc3ccc(OCc4ccc5ccccc5c4)cc3)C2=O)o1. The lowest BCUT2D eigenvalue weighted by molar-refractivity contribution is -0.123. The molecule has 3 aromatic carbocycles. The molecule has 1 aliphatic heterocycles. The van der Waals surface area contributed by atoms with Crippen molar-refractivity contribution in [3.05, 3.63) is 106 Å². The van der Waals surface area contributed by atoms with Crippen molar-refractivity contribution < 1.29 is 28.3 Å². The highest BCUT2D eigenvalue weighted by molar-refractivity contribution is 8.18. The van der Waals surface area contributed by atoms with Crippen LogP contribution in [-0.2, 0) is 22.7 Å². The number of carbonyl (C=O) groups is 3. The van der Waals surface area contributed by atoms with E-state index in [1.807, 2.05) is 42.5 Å². The van der Waals surface area contributed by atoms with Crippen LogP contribution in [0.2, 0.25) is 0 Å². The Kier molecular flexibility index (Phi) is 6.60. The number of methoxy groups -OCH3 is 1. The van der Waals surface area contributed by atoms with Crippen LogP contribution in [0.5, 0.6) is 5.75 Å². The molecule has 0 aliphatic carbocycles. The monoisotopic (exact) mass is 499 g/mol. The van der Waals surface area contributed by atoms with Gasteiger partial charge in [-0.2, -0.15) is 0 Å². The molecule has 0 unspecified atom stereocenters. The van der Waals surface area contributed by atoms with Crippen molar-refractivity contribution in [3.63, 3.8) is 0 Å². The van der Waals surface area contributed by atoms with E-state index in [2.05, 4.69) is 29.0 Å². The highest BCUT2D eigenvalue weighted by Crippen LogP contribution is 2.33. The summed E-state index contributed by atoms with van der Waals surface area (Å²) in [6, 6.07) is 24.7. The van der Waals surface area contributed by atoms with Crippen molar-refractivity contribution in [2.45, 2.75) is 13.2 Å². The van der Waals surface area contributed by atoms with Gasteiger partial charge in [-0.15, -0.1) is 0 Å². The minimum absolute atomic E-state index is 0.0120. The molecule has 36 heavy (non-hydrogen) atoms. The molecule has 8 heteroatoms. The second-order valence-corrected chi connectivity index (χ2v) is 9.06. The maximum Gasteiger partial charge on any atom is 0.373 e. The number of thioether (sulfide) groups is 1. The first kappa shape index (κ1) is 23.4. The van der Waals surface area contributed by atoms with Crippen LogP contribution in [0.1, 0.15) is 27.4 Å². The Morgan fingerprint density at radius 2 is 1.75 bits per heavy atom. The summed E-state index contributed by atoms with van der Waals surface area (Å²) in [6.45, 7) is 0.369. The molecule has 0 atom stereocenters. The maximum atomic E-state index is 12.8. The molecular weight excluding hydrogens is 478 g/mol. The molecule has 1 aliphatic rings. The number of nitrogens with zero attached hydrogens (tertiary/aromatic N) is 1. The number of hydrogen-bond donors (Lipinski definition) is 0. The molecule has 5 rings (SSSR count). The predicted octanol–water partition coefficient (Wildman–Crippen LogP) is 6.03. The molecule has 0 bridgehead atoms. The van der Waals surface area contributed by atoms with E-state index in [-0.39, 0.29) is 12.3 Å². The second-order valence-electron chi connectivity index (χ2n) is 8.06. The molecule has 0 saturated carbocycles. The van der Waals surface area contributed by atoms with Crippen LogP contribution in [0, 0.1) is 0 Å². The van der Waals surface area contributed by atoms with Gasteiger partial charge in [-0.1, -0.05) is 48.5 Å². The van der Waals surface area contributed by atoms with Crippen molar-refractivity contribution in [2.75, 3.05) is 7.11 Å². The van der Waals surface area contributed by atoms with Gasteiger partial charge in [0.05, 0.1) is 18.6 Å². The molecule has 2 heterocycles. The van der Waals surface area contributed by atoms with Gasteiger partial charge in [-0.05, 0) is 70.1 Å². The minimum atomic E-state index is -0.625. The second kappa shape index (κ2) is 10.1. The average molecular weight is 500 g/mol. The largest absolute Gasteiger partial charge is 0.489 e. The number of imide groups is 1. The lowest BCUT2D eigenvalue weighted by Crippen LogP contribution is -2.27. The molecule has 4 aromatic rings. The van der Waals surface area contributed by atoms with E-state index in [1.54, 1.807) is 6.08 Å². The lowest BCUT2D eigenvalue weighted by Gasteiger charge is -2.10. The number of rotatable bonds is 7. The standard InChI is InChI=1S/C28H21NO6S/c1-33-27(31)24-13-12-23(35-24)16-29-26(30)25(36-28(29)32)15-18-7-10-22(11-8-18)34-17-19-6-9-20-4-2-3-5-21(20)14-19/h2-15H,16-17H2,1H3. The average Bonchev–Trinajstić information content (AvgIpc) is 3.48. The number of fused-ring (bicyclic) bond motifs is 1. The molecule has 0 N–H and O–H groups in total. The Balaban J connectivity index is 1.22. The summed E-state index contributed by atoms with van der Waals surface area (Å²) in [6.07, 6.45) is 1.67. The first-order chi connectivity index (χ1) is 17.5. The third-order valence-electron chi connectivity index (χ3n) is 5.63. The van der Waals surface area contributed by atoms with E-state index in [0.29, 0.717) is 23.0 Å². The van der Waals surface area contributed by atoms with Crippen LogP contribution in [0.4, 0.5) is 4.79 Å². The van der Waals surface area contributed by atoms with Gasteiger partial charge in [0.15, 0.2) is 0 Å². The fraction of sp³-hybridized carbons (Fsp3) is 0.107. The van der Waals surface area contributed by atoms with Crippen molar-refractivity contribution in [3.8, 4) is 5.75 Å². The summed E-state index contributed by atoms with van der Waals surface area (Å²) in [4.78, 5) is 38.2. The Morgan fingerprint density at radius 3 is 2.53 bits per heavy atom. The zero-order chi connectivity index (χ0) is 25.1. The molecule has 7 nitrogen and oxygen atoms in total. The quantitative estimate of drug-likeness (QED) is 0.226. The van der Waals surface area contributed by atoms with Crippen molar-refractivity contribution in [2.24, 2.45) is 0 Å². The van der Waals surface area contributed by atoms with E-state index in [1.165, 1.54) is 30.0 Å². The van der Waals surface area contributed by atoms with Gasteiger partial charge in [-0.3, -0.25) is 14.5 Å². The lowest BCUT2D eigenvalue weighted by atomic mass is 10.1. The van der Waals surface area contributed by atoms with Crippen LogP contribution < -0.4 is 4.74 Å². The minimum Gasteiger partial charge on any atom is -0.489 e. The number of benzene rings is 3. The van der Waals surface area contributed by atoms with E-state index >= 15 is 0 Å². The molecule has 1 saturated heterocycles. The normalized spacial score (nSPS) is 14.6. The number of hydrogen-bond acceptors (Lipinski definition) is 7. The molecule has 1 fully saturated rings. The Hall–Kier alpha value is -4.30. The predicted molar refractivity (Wildman–Crippen MR) is 136 cm³/mol. The van der Waals surface area contributed by atoms with Gasteiger partial charge in [0.25, 0.3) is 11.1 Å². The van der Waals surface area contributed by atoms with Gasteiger partial charge in [-0.25, -0.2) is 4.79 Å². The number of esters is 1. The van der Waals surface area contributed by atoms with E-state index < -0.39 is 17.1 Å². The zero-order valence-corrected chi connectivity index (χ0v) is 20.1. The van der Waals surface area contributed by atoms with Crippen LogP contribution in [0.15, 0.2) is 88.2 Å². The summed E-state index contributed by atoms with van der Waals surface area (Å²) < 4.78 is 15.9. The first-order valence-electron chi connectivity index (χ1n) is 11.1. The summed E-state index contributed by atoms with van der Waals surface area (Å²) in [7, 11) is 1.25. The Morgan fingerprint density at radius 1 is 0.972 bits per heavy atom. The maximum absolute atomic E-state index is 12.8. The number of amides is 2. The first-order valence-corrected chi connectivity index (χ1v) is 11.9. The zero-order valence-electron chi connectivity index (χ0n) is 19.3. The molecule has 1 aromatic heterocycles. The number of carbonyl (C=O) groups excluding carboxylic acids is 3. The topological polar surface area (TPSA) is 86.0 Å². The molecule has 0 spiro atoms.